The molecular weight excluding hydrogens is 1570 g/mol. The van der Waals surface area contributed by atoms with Crippen LogP contribution in [0.2, 0.25) is 0 Å². The van der Waals surface area contributed by atoms with Crippen molar-refractivity contribution in [2.75, 3.05) is 74.9 Å². The minimum atomic E-state index is -0.242. The number of hydrogen-bond acceptors (Lipinski definition) is 24. The van der Waals surface area contributed by atoms with E-state index >= 15 is 0 Å². The average molecular weight is 1660 g/mol. The van der Waals surface area contributed by atoms with Gasteiger partial charge in [-0.25, -0.2) is 33.9 Å². The van der Waals surface area contributed by atoms with Gasteiger partial charge in [0.25, 0.3) is 0 Å². The molecule has 0 atom stereocenters. The van der Waals surface area contributed by atoms with Crippen LogP contribution in [0.25, 0.3) is 55.2 Å². The van der Waals surface area contributed by atoms with Crippen molar-refractivity contribution in [3.05, 3.63) is 286 Å². The van der Waals surface area contributed by atoms with Gasteiger partial charge in [0.2, 0.25) is 17.6 Å². The van der Waals surface area contributed by atoms with Crippen LogP contribution in [0.5, 0.6) is 40.6 Å². The summed E-state index contributed by atoms with van der Waals surface area (Å²) in [5.74, 6) is 5.63. The monoisotopic (exact) mass is 1660 g/mol. The van der Waals surface area contributed by atoms with Gasteiger partial charge in [0, 0.05) is 42.0 Å². The van der Waals surface area contributed by atoms with Crippen molar-refractivity contribution in [2.45, 2.75) is 103 Å². The molecule has 15 N–H and O–H groups in total. The highest BCUT2D eigenvalue weighted by atomic mass is 16.5. The molecule has 3 aromatic carbocycles. The van der Waals surface area contributed by atoms with E-state index in [0.29, 0.717) is 164 Å². The fourth-order valence-corrected chi connectivity index (χ4v) is 14.9. The molecule has 0 saturated heterocycles. The first-order chi connectivity index (χ1) is 60.1. The molecule has 5 aliphatic rings. The fourth-order valence-electron chi connectivity index (χ4n) is 14.9. The topological polar surface area (TPSA) is 474 Å². The van der Waals surface area contributed by atoms with E-state index in [1.807, 2.05) is 127 Å². The van der Waals surface area contributed by atoms with Gasteiger partial charge in [0.15, 0.2) is 17.5 Å². The highest BCUT2D eigenvalue weighted by molar-refractivity contribution is 5.89. The molecule has 0 radical (unpaired) electrons. The van der Waals surface area contributed by atoms with E-state index in [9.17, 15) is 24.0 Å². The minimum absolute atomic E-state index is 0.201. The summed E-state index contributed by atoms with van der Waals surface area (Å²) in [4.78, 5) is 106. The Labute approximate surface area is 701 Å². The Bertz CT molecular complexity index is 6790. The zero-order valence-corrected chi connectivity index (χ0v) is 67.3. The van der Waals surface area contributed by atoms with Crippen LogP contribution in [0.4, 0.5) is 29.1 Å². The molecule has 0 spiro atoms. The van der Waals surface area contributed by atoms with Crippen molar-refractivity contribution in [3.8, 4) is 40.6 Å². The largest absolute Gasteiger partial charge is 0.492 e. The molecule has 12 aromatic heterocycles. The summed E-state index contributed by atoms with van der Waals surface area (Å²) >= 11 is 0. The number of ether oxygens (including phenoxy) is 7. The Balaban J connectivity index is 0.000000114. The van der Waals surface area contributed by atoms with Crippen molar-refractivity contribution in [3.63, 3.8) is 0 Å². The van der Waals surface area contributed by atoms with Crippen LogP contribution in [0.3, 0.4) is 0 Å². The zero-order valence-electron chi connectivity index (χ0n) is 67.3. The molecule has 16 bridgehead atoms. The second-order valence-corrected chi connectivity index (χ2v) is 29.6. The number of nitrogens with one attached hydrogen (secondary N) is 5. The number of nitrogens with zero attached hydrogens (tertiary/aromatic N) is 12. The molecular formula is C89H92N22O12. The van der Waals surface area contributed by atoms with E-state index < -0.39 is 0 Å². The van der Waals surface area contributed by atoms with Crippen molar-refractivity contribution in [1.82, 2.24) is 82.6 Å². The summed E-state index contributed by atoms with van der Waals surface area (Å²) in [5, 5.41) is 0. The first-order valence-corrected chi connectivity index (χ1v) is 40.6. The number of fused-ring (bicyclic) bond motifs is 13. The van der Waals surface area contributed by atoms with Crippen LogP contribution in [0.1, 0.15) is 96.4 Å². The summed E-state index contributed by atoms with van der Waals surface area (Å²) in [6.45, 7) is 5.30. The van der Waals surface area contributed by atoms with Crippen LogP contribution in [0.15, 0.2) is 212 Å². The Morgan fingerprint density at radius 2 is 0.691 bits per heavy atom. The number of aromatic nitrogens is 17. The number of H-pyrrole nitrogens is 5. The summed E-state index contributed by atoms with van der Waals surface area (Å²) in [6, 6.07) is 40.2. The van der Waals surface area contributed by atoms with Crippen molar-refractivity contribution < 1.29 is 33.2 Å². The van der Waals surface area contributed by atoms with Crippen molar-refractivity contribution in [2.24, 2.45) is 0 Å². The molecule has 34 nitrogen and oxygen atoms in total. The van der Waals surface area contributed by atoms with Gasteiger partial charge in [-0.15, -0.1) is 0 Å². The predicted octanol–water partition coefficient (Wildman–Crippen LogP) is 10.3. The normalized spacial score (nSPS) is 15.8. The average Bonchev–Trinajstić information content (AvgIpc) is 1.67. The Morgan fingerprint density at radius 3 is 1.20 bits per heavy atom. The lowest BCUT2D eigenvalue weighted by Crippen LogP contribution is -2.18. The Morgan fingerprint density at radius 1 is 0.309 bits per heavy atom. The SMILES string of the molecule is Nc1nc2cc3c1[nH]c(=O)n3Cc1cccc(c1)C/C=C/CCO2.Nc1nc2cc3c1[nH]c(=O)n3Cc1cccc(c1)OC/C=C/CCO2.Nc1nc2cc3c1[nH]c(=O)n3Cc1cccc(c1)OC/C=C/CO2.Nc1nc2cc3c1[nH]c(=O)n3Cc1ncccc1OC/C=C/CCC2.Nc1nc2cc3c1[nH]c(=O)n3Cc1ncccc1OCCCCCC2. The second-order valence-electron chi connectivity index (χ2n) is 29.6. The van der Waals surface area contributed by atoms with E-state index in [1.165, 1.54) is 5.56 Å². The molecule has 0 saturated carbocycles. The molecule has 123 heavy (non-hydrogen) atoms. The number of nitrogens with two attached hydrogens (primary N) is 5. The van der Waals surface area contributed by atoms with Crippen LogP contribution >= 0.6 is 0 Å². The van der Waals surface area contributed by atoms with E-state index in [4.69, 9.17) is 61.8 Å². The lowest BCUT2D eigenvalue weighted by Gasteiger charge is -2.12. The maximum atomic E-state index is 12.5. The van der Waals surface area contributed by atoms with E-state index in [1.54, 1.807) is 53.4 Å². The molecule has 630 valence electrons. The third kappa shape index (κ3) is 19.5. The van der Waals surface area contributed by atoms with Gasteiger partial charge < -0.3 is 86.7 Å². The molecule has 0 unspecified atom stereocenters. The van der Waals surface area contributed by atoms with E-state index in [2.05, 4.69) is 90.2 Å². The third-order valence-corrected chi connectivity index (χ3v) is 21.0. The Kier molecular flexibility index (Phi) is 24.9. The van der Waals surface area contributed by atoms with E-state index in [-0.39, 0.29) is 45.9 Å². The van der Waals surface area contributed by atoms with E-state index in [0.717, 1.165) is 133 Å². The standard InChI is InChI=1S/C18H21N5O2.C18H19N5O2.C18H18N4O3.C18H18N4O2.C17H16N4O3/c2*19-17-16-14-10-12(21-17)6-3-1-2-4-9-25-15-7-5-8-20-13(15)11-23(14)18(24)22-16;19-17-16-14-10-15(20-17)25-8-3-1-2-7-24-13-6-4-5-12(9-13)11-22(14)18(23)21-16;19-17-16-14-10-15(20-17)24-8-3-1-2-5-12-6-4-7-13(9-12)11-22(14)18(23)21-16;18-16-15-13-9-14(19-16)24-7-2-1-6-23-12-5-3-4-11(8-12)10-21(13)17(22)20-15/h5,7-8,10H,1-4,6,9,11H2,(H2,19,21)(H,22,24);2,4-5,7-8,10H,1,3,6,9,11H2,(H2,19,21)(H,22,24);1-2,4-6,9-10H,3,7-8,11H2,(H2,19,20)(H,21,23);1-2,4,6-7,9-10H,3,5,8,11H2,(H2,19,20)(H,21,23);1-5,8-9H,6-7,10H2,(H2,18,19)(H,20,22)/b;4-2+;3*2-1+. The maximum Gasteiger partial charge on any atom is 0.326 e. The first-order valence-electron chi connectivity index (χ1n) is 40.6. The number of hydrogen-bond donors (Lipinski definition) is 10. The van der Waals surface area contributed by atoms with Gasteiger partial charge in [-0.05, 0) is 153 Å². The number of imidazole rings is 5. The second kappa shape index (κ2) is 37.7. The molecule has 5 aliphatic heterocycles. The number of benzene rings is 3. The number of aryl methyl sites for hydroxylation is 2. The number of rotatable bonds is 0. The Hall–Kier alpha value is -15.4. The molecule has 17 heterocycles. The minimum Gasteiger partial charge on any atom is -0.492 e. The van der Waals surface area contributed by atoms with Gasteiger partial charge in [0.05, 0.1) is 80.1 Å². The maximum absolute atomic E-state index is 12.5. The van der Waals surface area contributed by atoms with Gasteiger partial charge in [-0.3, -0.25) is 32.8 Å². The van der Waals surface area contributed by atoms with Crippen LogP contribution in [-0.4, -0.2) is 129 Å². The molecule has 15 aromatic rings. The summed E-state index contributed by atoms with van der Waals surface area (Å²) in [5.41, 5.74) is 42.7. The van der Waals surface area contributed by atoms with Crippen molar-refractivity contribution in [1.29, 1.82) is 0 Å². The number of allylic oxidation sites excluding steroid dienone is 2. The number of anilines is 5. The number of aromatic amines is 5. The fraction of sp³-hybridized carbons (Fsp3) is 0.258. The van der Waals surface area contributed by atoms with Crippen LogP contribution in [0, 0.1) is 0 Å². The molecule has 34 heteroatoms. The highest BCUT2D eigenvalue weighted by Gasteiger charge is 2.22. The van der Waals surface area contributed by atoms with Crippen LogP contribution < -0.4 is 90.3 Å². The van der Waals surface area contributed by atoms with Gasteiger partial charge in [-0.2, -0.15) is 15.0 Å². The third-order valence-electron chi connectivity index (χ3n) is 21.0. The first kappa shape index (κ1) is 81.4. The summed E-state index contributed by atoms with van der Waals surface area (Å²) in [7, 11) is 0. The summed E-state index contributed by atoms with van der Waals surface area (Å²) in [6.07, 6.45) is 29.6. The zero-order chi connectivity index (χ0) is 84.7. The molecule has 0 fully saturated rings. The highest BCUT2D eigenvalue weighted by Crippen LogP contribution is 2.30. The molecule has 20 rings (SSSR count). The number of nitrogen functional groups attached to an aromatic ring is 5. The lowest BCUT2D eigenvalue weighted by molar-refractivity contribution is 0.299. The molecule has 0 amide bonds. The number of pyridine rings is 7. The van der Waals surface area contributed by atoms with Crippen LogP contribution in [-0.2, 0) is 52.0 Å². The van der Waals surface area contributed by atoms with Crippen molar-refractivity contribution >= 4 is 84.3 Å². The quantitative estimate of drug-likeness (QED) is 0.0631. The van der Waals surface area contributed by atoms with Gasteiger partial charge >= 0.3 is 28.4 Å². The van der Waals surface area contributed by atoms with Gasteiger partial charge in [-0.1, -0.05) is 97.8 Å². The predicted molar refractivity (Wildman–Crippen MR) is 470 cm³/mol. The molecule has 0 aliphatic carbocycles. The lowest BCUT2D eigenvalue weighted by atomic mass is 10.1. The van der Waals surface area contributed by atoms with Gasteiger partial charge in [0.1, 0.15) is 100 Å². The summed E-state index contributed by atoms with van der Waals surface area (Å²) < 4.78 is 48.2. The smallest absolute Gasteiger partial charge is 0.326 e.